The first-order chi connectivity index (χ1) is 9.40. The predicted octanol–water partition coefficient (Wildman–Crippen LogP) is 2.78. The van der Waals surface area contributed by atoms with Crippen LogP contribution >= 0.6 is 0 Å². The van der Waals surface area contributed by atoms with Crippen LogP contribution in [0.5, 0.6) is 0 Å². The summed E-state index contributed by atoms with van der Waals surface area (Å²) in [6.07, 6.45) is 0.382. The number of anilines is 1. The molecule has 4 heteroatoms. The topological polar surface area (TPSA) is 35.5 Å². The van der Waals surface area contributed by atoms with Gasteiger partial charge in [-0.3, -0.25) is 0 Å². The summed E-state index contributed by atoms with van der Waals surface area (Å²) in [7, 11) is 1.97. The second-order valence-corrected chi connectivity index (χ2v) is 5.86. The second kappa shape index (κ2) is 8.22. The van der Waals surface area contributed by atoms with Crippen LogP contribution in [0.25, 0.3) is 0 Å². The van der Waals surface area contributed by atoms with Gasteiger partial charge in [-0.25, -0.2) is 4.39 Å². The lowest BCUT2D eigenvalue weighted by molar-refractivity contribution is 0.187. The third-order valence-electron chi connectivity index (χ3n) is 3.20. The largest absolute Gasteiger partial charge is 0.393 e. The van der Waals surface area contributed by atoms with Gasteiger partial charge in [-0.15, -0.1) is 0 Å². The molecule has 0 fully saturated rings. The van der Waals surface area contributed by atoms with Gasteiger partial charge < -0.3 is 15.3 Å². The Balaban J connectivity index is 2.73. The highest BCUT2D eigenvalue weighted by Crippen LogP contribution is 2.21. The summed E-state index contributed by atoms with van der Waals surface area (Å²) in [4.78, 5) is 2.07. The van der Waals surface area contributed by atoms with E-state index in [1.54, 1.807) is 13.0 Å². The molecule has 1 aromatic rings. The fourth-order valence-corrected chi connectivity index (χ4v) is 2.06. The highest BCUT2D eigenvalue weighted by molar-refractivity contribution is 5.53. The number of aliphatic hydroxyl groups is 1. The lowest BCUT2D eigenvalue weighted by Gasteiger charge is -2.23. The van der Waals surface area contributed by atoms with Gasteiger partial charge in [0.05, 0.1) is 6.10 Å². The standard InChI is InChI=1S/C16H27FN2O/c1-12(2)10-18-11-14-9-15(17)5-6-16(14)19(4)8-7-13(3)20/h5-6,9,12-13,18,20H,7-8,10-11H2,1-4H3. The summed E-state index contributed by atoms with van der Waals surface area (Å²) < 4.78 is 13.4. The van der Waals surface area contributed by atoms with Gasteiger partial charge in [0.2, 0.25) is 0 Å². The zero-order valence-electron chi connectivity index (χ0n) is 13.0. The normalized spacial score (nSPS) is 12.8. The van der Waals surface area contributed by atoms with Gasteiger partial charge in [-0.1, -0.05) is 13.8 Å². The van der Waals surface area contributed by atoms with E-state index in [-0.39, 0.29) is 11.9 Å². The number of rotatable bonds is 8. The van der Waals surface area contributed by atoms with Crippen LogP contribution < -0.4 is 10.2 Å². The zero-order chi connectivity index (χ0) is 15.1. The molecule has 0 aliphatic carbocycles. The van der Waals surface area contributed by atoms with E-state index in [1.807, 2.05) is 13.1 Å². The summed E-state index contributed by atoms with van der Waals surface area (Å²) >= 11 is 0. The van der Waals surface area contributed by atoms with Crippen molar-refractivity contribution < 1.29 is 9.50 Å². The minimum absolute atomic E-state index is 0.209. The first-order valence-electron chi connectivity index (χ1n) is 7.28. The van der Waals surface area contributed by atoms with Crippen LogP contribution in [0.3, 0.4) is 0 Å². The molecule has 0 bridgehead atoms. The summed E-state index contributed by atoms with van der Waals surface area (Å²) in [6.45, 7) is 8.39. The van der Waals surface area contributed by atoms with Gasteiger partial charge >= 0.3 is 0 Å². The molecule has 0 aliphatic heterocycles. The highest BCUT2D eigenvalue weighted by atomic mass is 19.1. The molecule has 2 N–H and O–H groups in total. The molecule has 20 heavy (non-hydrogen) atoms. The Bertz CT molecular complexity index is 407. The molecule has 3 nitrogen and oxygen atoms in total. The van der Waals surface area contributed by atoms with Crippen molar-refractivity contribution in [2.24, 2.45) is 5.92 Å². The molecule has 0 saturated heterocycles. The van der Waals surface area contributed by atoms with E-state index >= 15 is 0 Å². The van der Waals surface area contributed by atoms with Gasteiger partial charge in [-0.05, 0) is 49.6 Å². The quantitative estimate of drug-likeness (QED) is 0.769. The number of aliphatic hydroxyl groups excluding tert-OH is 1. The summed E-state index contributed by atoms with van der Waals surface area (Å²) in [5.41, 5.74) is 1.97. The molecule has 1 unspecified atom stereocenters. The van der Waals surface area contributed by atoms with Crippen LogP contribution in [0.15, 0.2) is 18.2 Å². The van der Waals surface area contributed by atoms with Crippen molar-refractivity contribution in [2.75, 3.05) is 25.0 Å². The fourth-order valence-electron chi connectivity index (χ4n) is 2.06. The Hall–Kier alpha value is -1.13. The van der Waals surface area contributed by atoms with Crippen LogP contribution in [0.1, 0.15) is 32.8 Å². The Kier molecular flexibility index (Phi) is 6.96. The average molecular weight is 282 g/mol. The number of hydrogen-bond donors (Lipinski definition) is 2. The summed E-state index contributed by atoms with van der Waals surface area (Å²) in [6, 6.07) is 4.88. The molecule has 1 aromatic carbocycles. The van der Waals surface area contributed by atoms with Crippen LogP contribution in [-0.4, -0.2) is 31.3 Å². The summed E-state index contributed by atoms with van der Waals surface area (Å²) in [5, 5.41) is 12.7. The third-order valence-corrected chi connectivity index (χ3v) is 3.20. The van der Waals surface area contributed by atoms with E-state index in [0.717, 1.165) is 24.3 Å². The summed E-state index contributed by atoms with van der Waals surface area (Å²) in [5.74, 6) is 0.360. The number of hydrogen-bond acceptors (Lipinski definition) is 3. The van der Waals surface area contributed by atoms with E-state index in [4.69, 9.17) is 0 Å². The smallest absolute Gasteiger partial charge is 0.123 e. The maximum Gasteiger partial charge on any atom is 0.123 e. The molecule has 114 valence electrons. The van der Waals surface area contributed by atoms with Crippen molar-refractivity contribution in [3.05, 3.63) is 29.6 Å². The fraction of sp³-hybridized carbons (Fsp3) is 0.625. The number of halogens is 1. The van der Waals surface area contributed by atoms with Crippen molar-refractivity contribution in [2.45, 2.75) is 39.8 Å². The lowest BCUT2D eigenvalue weighted by Crippen LogP contribution is -2.25. The molecular weight excluding hydrogens is 255 g/mol. The zero-order valence-corrected chi connectivity index (χ0v) is 13.0. The molecule has 0 radical (unpaired) electrons. The molecule has 0 spiro atoms. The number of benzene rings is 1. The first kappa shape index (κ1) is 16.9. The van der Waals surface area contributed by atoms with E-state index in [1.165, 1.54) is 6.07 Å². The lowest BCUT2D eigenvalue weighted by atomic mass is 10.1. The van der Waals surface area contributed by atoms with Crippen molar-refractivity contribution >= 4 is 5.69 Å². The first-order valence-corrected chi connectivity index (χ1v) is 7.28. The number of nitrogens with one attached hydrogen (secondary N) is 1. The van der Waals surface area contributed by atoms with E-state index in [0.29, 0.717) is 18.9 Å². The minimum Gasteiger partial charge on any atom is -0.393 e. The van der Waals surface area contributed by atoms with E-state index in [2.05, 4.69) is 24.1 Å². The van der Waals surface area contributed by atoms with E-state index < -0.39 is 0 Å². The third kappa shape index (κ3) is 5.88. The molecule has 1 atom stereocenters. The number of nitrogens with zero attached hydrogens (tertiary/aromatic N) is 1. The van der Waals surface area contributed by atoms with Gasteiger partial charge in [-0.2, -0.15) is 0 Å². The Labute approximate surface area is 121 Å². The van der Waals surface area contributed by atoms with Gasteiger partial charge in [0, 0.05) is 25.8 Å². The van der Waals surface area contributed by atoms with Crippen molar-refractivity contribution in [1.82, 2.24) is 5.32 Å². The molecule has 1 rings (SSSR count). The van der Waals surface area contributed by atoms with Crippen molar-refractivity contribution in [3.63, 3.8) is 0 Å². The minimum atomic E-state index is -0.319. The van der Waals surface area contributed by atoms with Crippen LogP contribution in [0.2, 0.25) is 0 Å². The maximum absolute atomic E-state index is 13.4. The SMILES string of the molecule is CC(C)CNCc1cc(F)ccc1N(C)CCC(C)O. The van der Waals surface area contributed by atoms with Gasteiger partial charge in [0.25, 0.3) is 0 Å². The molecular formula is C16H27FN2O. The Morgan fingerprint density at radius 3 is 2.60 bits per heavy atom. The van der Waals surface area contributed by atoms with Crippen LogP contribution in [0, 0.1) is 11.7 Å². The molecule has 0 aliphatic rings. The Morgan fingerprint density at radius 2 is 2.00 bits per heavy atom. The van der Waals surface area contributed by atoms with E-state index in [9.17, 15) is 9.50 Å². The van der Waals surface area contributed by atoms with Crippen LogP contribution in [-0.2, 0) is 6.54 Å². The van der Waals surface area contributed by atoms with Gasteiger partial charge in [0.15, 0.2) is 0 Å². The highest BCUT2D eigenvalue weighted by Gasteiger charge is 2.10. The second-order valence-electron chi connectivity index (χ2n) is 5.86. The van der Waals surface area contributed by atoms with Crippen molar-refractivity contribution in [3.8, 4) is 0 Å². The molecule has 0 heterocycles. The average Bonchev–Trinajstić information content (AvgIpc) is 2.35. The van der Waals surface area contributed by atoms with Gasteiger partial charge in [0.1, 0.15) is 5.82 Å². The monoisotopic (exact) mass is 282 g/mol. The Morgan fingerprint density at radius 1 is 1.30 bits per heavy atom. The molecule has 0 aromatic heterocycles. The predicted molar refractivity (Wildman–Crippen MR) is 82.5 cm³/mol. The molecule has 0 saturated carbocycles. The van der Waals surface area contributed by atoms with Crippen LogP contribution in [0.4, 0.5) is 10.1 Å². The molecule has 0 amide bonds. The van der Waals surface area contributed by atoms with Crippen molar-refractivity contribution in [1.29, 1.82) is 0 Å². The maximum atomic E-state index is 13.4.